The largest absolute Gasteiger partial charge is 0.326 e. The lowest BCUT2D eigenvalue weighted by Crippen LogP contribution is -2.35. The summed E-state index contributed by atoms with van der Waals surface area (Å²) in [6.45, 7) is 6.25. The summed E-state index contributed by atoms with van der Waals surface area (Å²) < 4.78 is 1.93. The highest BCUT2D eigenvalue weighted by molar-refractivity contribution is 5.99. The number of rotatable bonds is 6. The predicted molar refractivity (Wildman–Crippen MR) is 130 cm³/mol. The Kier molecular flexibility index (Phi) is 7.04. The van der Waals surface area contributed by atoms with E-state index in [1.165, 1.54) is 12.5 Å². The third-order valence-corrected chi connectivity index (χ3v) is 5.89. The Morgan fingerprint density at radius 3 is 2.39 bits per heavy atom. The van der Waals surface area contributed by atoms with Crippen LogP contribution in [0.2, 0.25) is 0 Å². The molecule has 2 heterocycles. The summed E-state index contributed by atoms with van der Waals surface area (Å²) in [6.07, 6.45) is 3.64. The van der Waals surface area contributed by atoms with E-state index in [1.807, 2.05) is 54.1 Å². The van der Waals surface area contributed by atoms with Gasteiger partial charge in [-0.1, -0.05) is 30.3 Å². The van der Waals surface area contributed by atoms with E-state index >= 15 is 0 Å². The van der Waals surface area contributed by atoms with Gasteiger partial charge in [0, 0.05) is 44.0 Å². The summed E-state index contributed by atoms with van der Waals surface area (Å²) in [7, 11) is 0. The minimum atomic E-state index is -0.272. The molecule has 0 radical (unpaired) electrons. The van der Waals surface area contributed by atoms with Gasteiger partial charge in [0.1, 0.15) is 5.82 Å². The zero-order valence-electron chi connectivity index (χ0n) is 19.0. The number of amides is 3. The fourth-order valence-corrected chi connectivity index (χ4v) is 4.16. The van der Waals surface area contributed by atoms with Gasteiger partial charge in [0.2, 0.25) is 5.91 Å². The van der Waals surface area contributed by atoms with Gasteiger partial charge < -0.3 is 10.6 Å². The van der Waals surface area contributed by atoms with Crippen molar-refractivity contribution in [1.29, 1.82) is 0 Å². The zero-order valence-corrected chi connectivity index (χ0v) is 19.0. The number of carbonyl (C=O) groups excluding carboxylic acids is 2. The van der Waals surface area contributed by atoms with Crippen LogP contribution >= 0.6 is 0 Å². The molecule has 1 aromatic heterocycles. The molecular formula is C25H30N6O2. The number of benzene rings is 2. The minimum Gasteiger partial charge on any atom is -0.326 e. The average Bonchev–Trinajstić information content (AvgIpc) is 3.25. The molecule has 172 valence electrons. The van der Waals surface area contributed by atoms with E-state index in [9.17, 15) is 9.59 Å². The predicted octanol–water partition coefficient (Wildman–Crippen LogP) is 4.63. The van der Waals surface area contributed by atoms with Crippen molar-refractivity contribution in [3.8, 4) is 0 Å². The summed E-state index contributed by atoms with van der Waals surface area (Å²) in [6, 6.07) is 17.5. The summed E-state index contributed by atoms with van der Waals surface area (Å²) in [5.41, 5.74) is 3.84. The SMILES string of the molecule is CC(=O)Nc1ccc(CN2CCC(n3nccc3NC(=O)Nc3ccccc3C)CC2)cc1. The summed E-state index contributed by atoms with van der Waals surface area (Å²) >= 11 is 0. The second-order valence-electron chi connectivity index (χ2n) is 8.44. The Morgan fingerprint density at radius 2 is 1.70 bits per heavy atom. The smallest absolute Gasteiger partial charge is 0.324 e. The third-order valence-electron chi connectivity index (χ3n) is 5.89. The molecule has 1 aliphatic rings. The molecule has 4 rings (SSSR count). The third kappa shape index (κ3) is 5.98. The van der Waals surface area contributed by atoms with E-state index in [0.717, 1.165) is 49.4 Å². The number of hydrogen-bond acceptors (Lipinski definition) is 4. The van der Waals surface area contributed by atoms with Crippen molar-refractivity contribution in [2.45, 2.75) is 39.3 Å². The molecule has 1 aliphatic heterocycles. The van der Waals surface area contributed by atoms with Gasteiger partial charge in [0.05, 0.1) is 12.2 Å². The summed E-state index contributed by atoms with van der Waals surface area (Å²) in [4.78, 5) is 26.1. The number of likely N-dealkylation sites (tertiary alicyclic amines) is 1. The Labute approximate surface area is 194 Å². The van der Waals surface area contributed by atoms with E-state index < -0.39 is 0 Å². The second-order valence-corrected chi connectivity index (χ2v) is 8.44. The van der Waals surface area contributed by atoms with Crippen LogP contribution in [0.25, 0.3) is 0 Å². The Bertz CT molecular complexity index is 1100. The van der Waals surface area contributed by atoms with Crippen LogP contribution in [-0.2, 0) is 11.3 Å². The van der Waals surface area contributed by atoms with Gasteiger partial charge in [-0.05, 0) is 49.1 Å². The maximum atomic E-state index is 12.5. The molecule has 3 aromatic rings. The number of aromatic nitrogens is 2. The quantitative estimate of drug-likeness (QED) is 0.515. The zero-order chi connectivity index (χ0) is 23.2. The van der Waals surface area contributed by atoms with Gasteiger partial charge in [-0.2, -0.15) is 5.10 Å². The normalized spacial score (nSPS) is 14.6. The molecule has 0 saturated carbocycles. The van der Waals surface area contributed by atoms with Crippen LogP contribution in [0, 0.1) is 6.92 Å². The van der Waals surface area contributed by atoms with Crippen molar-refractivity contribution in [3.63, 3.8) is 0 Å². The number of anilines is 3. The molecule has 1 fully saturated rings. The highest BCUT2D eigenvalue weighted by Gasteiger charge is 2.23. The fraction of sp³-hybridized carbons (Fsp3) is 0.320. The van der Waals surface area contributed by atoms with Crippen LogP contribution in [0.15, 0.2) is 60.8 Å². The highest BCUT2D eigenvalue weighted by Crippen LogP contribution is 2.26. The lowest BCUT2D eigenvalue weighted by Gasteiger charge is -2.32. The maximum absolute atomic E-state index is 12.5. The second kappa shape index (κ2) is 10.3. The van der Waals surface area contributed by atoms with Crippen LogP contribution in [-0.4, -0.2) is 39.7 Å². The number of piperidine rings is 1. The average molecular weight is 447 g/mol. The fourth-order valence-electron chi connectivity index (χ4n) is 4.16. The number of carbonyl (C=O) groups is 2. The Balaban J connectivity index is 1.30. The lowest BCUT2D eigenvalue weighted by molar-refractivity contribution is -0.114. The van der Waals surface area contributed by atoms with Crippen molar-refractivity contribution in [2.24, 2.45) is 0 Å². The van der Waals surface area contributed by atoms with Gasteiger partial charge in [0.25, 0.3) is 0 Å². The lowest BCUT2D eigenvalue weighted by atomic mass is 10.0. The molecule has 3 amide bonds. The monoisotopic (exact) mass is 446 g/mol. The molecule has 33 heavy (non-hydrogen) atoms. The molecule has 2 aromatic carbocycles. The van der Waals surface area contributed by atoms with Crippen LogP contribution in [0.3, 0.4) is 0 Å². The van der Waals surface area contributed by atoms with Crippen LogP contribution in [0.4, 0.5) is 22.0 Å². The summed E-state index contributed by atoms with van der Waals surface area (Å²) in [5, 5.41) is 13.1. The van der Waals surface area contributed by atoms with Crippen LogP contribution in [0.5, 0.6) is 0 Å². The number of urea groups is 1. The van der Waals surface area contributed by atoms with Gasteiger partial charge in [-0.15, -0.1) is 0 Å². The van der Waals surface area contributed by atoms with Gasteiger partial charge >= 0.3 is 6.03 Å². The minimum absolute atomic E-state index is 0.0648. The molecule has 0 bridgehead atoms. The van der Waals surface area contributed by atoms with Crippen LogP contribution < -0.4 is 16.0 Å². The topological polar surface area (TPSA) is 91.3 Å². The maximum Gasteiger partial charge on any atom is 0.324 e. The molecule has 0 spiro atoms. The standard InChI is InChI=1S/C25H30N6O2/c1-18-5-3-4-6-23(18)28-25(33)29-24-11-14-26-31(24)22-12-15-30(16-13-22)17-20-7-9-21(10-8-20)27-19(2)32/h3-11,14,22H,12-13,15-17H2,1-2H3,(H,27,32)(H2,28,29,33). The van der Waals surface area contributed by atoms with Gasteiger partial charge in [-0.3, -0.25) is 15.0 Å². The molecule has 8 heteroatoms. The van der Waals surface area contributed by atoms with Crippen molar-refractivity contribution in [1.82, 2.24) is 14.7 Å². The van der Waals surface area contributed by atoms with E-state index in [0.29, 0.717) is 5.82 Å². The van der Waals surface area contributed by atoms with Crippen molar-refractivity contribution < 1.29 is 9.59 Å². The van der Waals surface area contributed by atoms with Gasteiger partial charge in [-0.25, -0.2) is 9.48 Å². The van der Waals surface area contributed by atoms with E-state index in [4.69, 9.17) is 0 Å². The molecule has 1 saturated heterocycles. The first-order chi connectivity index (χ1) is 16.0. The number of para-hydroxylation sites is 1. The first kappa shape index (κ1) is 22.5. The first-order valence-electron chi connectivity index (χ1n) is 11.2. The Hall–Kier alpha value is -3.65. The molecule has 8 nitrogen and oxygen atoms in total. The molecule has 0 unspecified atom stereocenters. The Morgan fingerprint density at radius 1 is 0.970 bits per heavy atom. The van der Waals surface area contributed by atoms with Crippen LogP contribution in [0.1, 0.15) is 36.9 Å². The van der Waals surface area contributed by atoms with E-state index in [1.54, 1.807) is 6.20 Å². The number of hydrogen-bond donors (Lipinski definition) is 3. The highest BCUT2D eigenvalue weighted by atomic mass is 16.2. The first-order valence-corrected chi connectivity index (χ1v) is 11.2. The number of aryl methyl sites for hydroxylation is 1. The van der Waals surface area contributed by atoms with Crippen molar-refractivity contribution >= 4 is 29.1 Å². The van der Waals surface area contributed by atoms with Crippen molar-refractivity contribution in [3.05, 3.63) is 71.9 Å². The van der Waals surface area contributed by atoms with E-state index in [2.05, 4.69) is 38.1 Å². The van der Waals surface area contributed by atoms with Gasteiger partial charge in [0.15, 0.2) is 0 Å². The number of nitrogens with zero attached hydrogens (tertiary/aromatic N) is 3. The molecule has 0 aliphatic carbocycles. The summed E-state index contributed by atoms with van der Waals surface area (Å²) in [5.74, 6) is 0.637. The van der Waals surface area contributed by atoms with Crippen molar-refractivity contribution in [2.75, 3.05) is 29.0 Å². The molecular weight excluding hydrogens is 416 g/mol. The number of nitrogens with one attached hydrogen (secondary N) is 3. The van der Waals surface area contributed by atoms with E-state index in [-0.39, 0.29) is 18.0 Å². The molecule has 3 N–H and O–H groups in total. The molecule has 0 atom stereocenters.